The maximum absolute atomic E-state index is 12.6. The zero-order chi connectivity index (χ0) is 11.7. The Kier molecular flexibility index (Phi) is 1.80. The Balaban J connectivity index is 2.85. The van der Waals surface area contributed by atoms with Gasteiger partial charge in [0.1, 0.15) is 0 Å². The minimum Gasteiger partial charge on any atom is -0.395 e. The lowest BCUT2D eigenvalue weighted by Gasteiger charge is -2.39. The Morgan fingerprint density at radius 1 is 1.92 bits per heavy atom. The average molecular weight is 176 g/mol. The van der Waals surface area contributed by atoms with Gasteiger partial charge in [-0.1, -0.05) is 6.92 Å². The second kappa shape index (κ2) is 3.54. The van der Waals surface area contributed by atoms with Crippen LogP contribution in [0.3, 0.4) is 0 Å². The minimum absolute atomic E-state index is 0.162. The van der Waals surface area contributed by atoms with Crippen LogP contribution in [0.15, 0.2) is 11.9 Å². The van der Waals surface area contributed by atoms with E-state index < -0.39 is 12.4 Å². The van der Waals surface area contributed by atoms with Crippen molar-refractivity contribution < 1.29 is 13.6 Å². The molecule has 1 saturated heterocycles. The van der Waals surface area contributed by atoms with Crippen molar-refractivity contribution in [3.63, 3.8) is 0 Å². The number of aliphatic hydroxyl groups is 1. The topological polar surface area (TPSA) is 23.5 Å². The number of rotatable bonds is 1. The summed E-state index contributed by atoms with van der Waals surface area (Å²) in [5, 5.41) is 9.22. The second-order valence-corrected chi connectivity index (χ2v) is 3.52. The standard InChI is InChI=1S/C9H16FNO/c1-9(7-12)6-11(2)4-3-8(9)5-10/h5,12H,3-4,6-7H2,1-2H3/b8-5+/t9-/m0/s1/i2D3. The molecule has 70 valence electrons. The van der Waals surface area contributed by atoms with Gasteiger partial charge < -0.3 is 10.0 Å². The van der Waals surface area contributed by atoms with Gasteiger partial charge in [0.2, 0.25) is 0 Å². The lowest BCUT2D eigenvalue weighted by Crippen LogP contribution is -2.43. The van der Waals surface area contributed by atoms with E-state index in [0.717, 1.165) is 0 Å². The molecule has 0 unspecified atom stereocenters. The number of hydrogen-bond donors (Lipinski definition) is 1. The second-order valence-electron chi connectivity index (χ2n) is 3.52. The molecule has 1 atom stereocenters. The van der Waals surface area contributed by atoms with Crippen LogP contribution in [0.1, 0.15) is 17.5 Å². The van der Waals surface area contributed by atoms with E-state index in [1.165, 1.54) is 4.90 Å². The Hall–Kier alpha value is -0.410. The summed E-state index contributed by atoms with van der Waals surface area (Å²) in [6.45, 7) is -0.262. The highest BCUT2D eigenvalue weighted by atomic mass is 19.1. The molecule has 2 nitrogen and oxygen atoms in total. The lowest BCUT2D eigenvalue weighted by atomic mass is 9.79. The predicted molar refractivity (Wildman–Crippen MR) is 46.5 cm³/mol. The van der Waals surface area contributed by atoms with Crippen LogP contribution in [0, 0.1) is 5.41 Å². The third-order valence-electron chi connectivity index (χ3n) is 2.45. The highest BCUT2D eigenvalue weighted by Crippen LogP contribution is 2.33. The van der Waals surface area contributed by atoms with Gasteiger partial charge in [-0.25, -0.2) is 4.39 Å². The van der Waals surface area contributed by atoms with E-state index in [9.17, 15) is 9.50 Å². The van der Waals surface area contributed by atoms with Gasteiger partial charge in [0.05, 0.1) is 12.9 Å². The lowest BCUT2D eigenvalue weighted by molar-refractivity contribution is 0.102. The minimum atomic E-state index is -2.17. The summed E-state index contributed by atoms with van der Waals surface area (Å²) in [5.41, 5.74) is -0.285. The van der Waals surface area contributed by atoms with Crippen molar-refractivity contribution in [2.45, 2.75) is 13.3 Å². The van der Waals surface area contributed by atoms with Crippen LogP contribution in [-0.2, 0) is 0 Å². The zero-order valence-electron chi connectivity index (χ0n) is 10.2. The van der Waals surface area contributed by atoms with Crippen LogP contribution in [0.4, 0.5) is 4.39 Å². The molecule has 1 rings (SSSR count). The van der Waals surface area contributed by atoms with Crippen LogP contribution in [-0.4, -0.2) is 36.7 Å². The van der Waals surface area contributed by atoms with Crippen molar-refractivity contribution in [1.29, 1.82) is 0 Å². The monoisotopic (exact) mass is 176 g/mol. The molecule has 0 radical (unpaired) electrons. The Bertz CT molecular complexity index is 267. The molecule has 1 fully saturated rings. The highest BCUT2D eigenvalue weighted by Gasteiger charge is 2.33. The molecule has 0 bridgehead atoms. The smallest absolute Gasteiger partial charge is 0.0866 e. The molecule has 0 aromatic carbocycles. The van der Waals surface area contributed by atoms with Crippen molar-refractivity contribution in [3.8, 4) is 0 Å². The largest absolute Gasteiger partial charge is 0.395 e. The summed E-state index contributed by atoms with van der Waals surface area (Å²) in [6, 6.07) is 0. The molecular weight excluding hydrogens is 157 g/mol. The average Bonchev–Trinajstić information content (AvgIpc) is 2.16. The van der Waals surface area contributed by atoms with Crippen LogP contribution >= 0.6 is 0 Å². The summed E-state index contributed by atoms with van der Waals surface area (Å²) in [7, 11) is 0. The third-order valence-corrected chi connectivity index (χ3v) is 2.45. The van der Waals surface area contributed by atoms with Crippen molar-refractivity contribution in [2.24, 2.45) is 5.41 Å². The number of piperidine rings is 1. The van der Waals surface area contributed by atoms with E-state index in [1.54, 1.807) is 6.92 Å². The van der Waals surface area contributed by atoms with Crippen molar-refractivity contribution in [3.05, 3.63) is 11.9 Å². The first kappa shape index (κ1) is 6.11. The van der Waals surface area contributed by atoms with Gasteiger partial charge in [0.15, 0.2) is 0 Å². The van der Waals surface area contributed by atoms with Crippen LogP contribution in [0.25, 0.3) is 0 Å². The predicted octanol–water partition coefficient (Wildman–Crippen LogP) is 1.17. The van der Waals surface area contributed by atoms with Crippen LogP contribution in [0.5, 0.6) is 0 Å². The SMILES string of the molecule is [2H]C([2H])([2H])N1CC/C(=C\F)[C@](C)(CO)C1. The first-order chi connectivity index (χ1) is 6.83. The van der Waals surface area contributed by atoms with Crippen molar-refractivity contribution in [2.75, 3.05) is 26.7 Å². The first-order valence-corrected chi connectivity index (χ1v) is 3.99. The summed E-state index contributed by atoms with van der Waals surface area (Å²) >= 11 is 0. The first-order valence-electron chi connectivity index (χ1n) is 5.49. The fraction of sp³-hybridized carbons (Fsp3) is 0.778. The summed E-state index contributed by atoms with van der Waals surface area (Å²) < 4.78 is 34.3. The molecule has 0 aliphatic carbocycles. The van der Waals surface area contributed by atoms with Gasteiger partial charge in [-0.05, 0) is 19.0 Å². The molecule has 3 heteroatoms. The normalized spacial score (nSPS) is 40.6. The van der Waals surface area contributed by atoms with Gasteiger partial charge in [-0.15, -0.1) is 0 Å². The molecule has 0 spiro atoms. The number of hydrogen-bond acceptors (Lipinski definition) is 2. The van der Waals surface area contributed by atoms with Gasteiger partial charge in [0, 0.05) is 22.6 Å². The molecule has 0 saturated carbocycles. The summed E-state index contributed by atoms with van der Waals surface area (Å²) in [6.07, 6.45) is 0.846. The van der Waals surface area contributed by atoms with Crippen molar-refractivity contribution in [1.82, 2.24) is 4.90 Å². The van der Waals surface area contributed by atoms with E-state index in [-0.39, 0.29) is 13.2 Å². The molecule has 1 N–H and O–H groups in total. The summed E-state index contributed by atoms with van der Waals surface area (Å²) in [5.74, 6) is 0. The molecule has 1 heterocycles. The van der Waals surface area contributed by atoms with Gasteiger partial charge in [0.25, 0.3) is 0 Å². The van der Waals surface area contributed by atoms with Crippen LogP contribution < -0.4 is 0 Å². The highest BCUT2D eigenvalue weighted by molar-refractivity contribution is 5.15. The number of nitrogens with zero attached hydrogens (tertiary/aromatic N) is 1. The third kappa shape index (κ3) is 1.67. The Morgan fingerprint density at radius 2 is 2.67 bits per heavy atom. The molecule has 12 heavy (non-hydrogen) atoms. The number of halogens is 1. The van der Waals surface area contributed by atoms with Gasteiger partial charge in [-0.3, -0.25) is 0 Å². The van der Waals surface area contributed by atoms with Crippen molar-refractivity contribution >= 4 is 0 Å². The fourth-order valence-electron chi connectivity index (χ4n) is 1.50. The Labute approximate surface area is 76.9 Å². The maximum atomic E-state index is 12.6. The number of likely N-dealkylation sites (tertiary alicyclic amines) is 1. The van der Waals surface area contributed by atoms with E-state index in [0.29, 0.717) is 24.9 Å². The van der Waals surface area contributed by atoms with E-state index in [1.807, 2.05) is 0 Å². The molecule has 0 aromatic rings. The fourth-order valence-corrected chi connectivity index (χ4v) is 1.50. The summed E-state index contributed by atoms with van der Waals surface area (Å²) in [4.78, 5) is 1.30. The van der Waals surface area contributed by atoms with Gasteiger partial charge in [-0.2, -0.15) is 0 Å². The van der Waals surface area contributed by atoms with E-state index >= 15 is 0 Å². The molecular formula is C9H16FNO. The van der Waals surface area contributed by atoms with E-state index in [2.05, 4.69) is 0 Å². The number of aliphatic hydroxyl groups excluding tert-OH is 1. The van der Waals surface area contributed by atoms with Gasteiger partial charge >= 0.3 is 0 Å². The zero-order valence-corrected chi connectivity index (χ0v) is 7.18. The van der Waals surface area contributed by atoms with Crippen LogP contribution in [0.2, 0.25) is 0 Å². The molecule has 1 aliphatic heterocycles. The maximum Gasteiger partial charge on any atom is 0.0866 e. The Morgan fingerprint density at radius 3 is 3.17 bits per heavy atom. The molecule has 1 aliphatic rings. The molecule has 0 amide bonds. The molecule has 0 aromatic heterocycles. The van der Waals surface area contributed by atoms with E-state index in [4.69, 9.17) is 4.11 Å². The quantitative estimate of drug-likeness (QED) is 0.648.